The van der Waals surface area contributed by atoms with Gasteiger partial charge in [0, 0.05) is 30.4 Å². The summed E-state index contributed by atoms with van der Waals surface area (Å²) in [6.45, 7) is 4.17. The highest BCUT2D eigenvalue weighted by Crippen LogP contribution is 2.24. The van der Waals surface area contributed by atoms with Gasteiger partial charge in [-0.05, 0) is 56.7 Å². The third-order valence-corrected chi connectivity index (χ3v) is 5.44. The lowest BCUT2D eigenvalue weighted by atomic mass is 9.93. The van der Waals surface area contributed by atoms with E-state index >= 15 is 0 Å². The van der Waals surface area contributed by atoms with E-state index in [2.05, 4.69) is 33.8 Å². The van der Waals surface area contributed by atoms with E-state index in [1.807, 2.05) is 25.1 Å². The molecule has 2 atom stereocenters. The Morgan fingerprint density at radius 3 is 2.74 bits per heavy atom. The van der Waals surface area contributed by atoms with Crippen LogP contribution in [0.5, 0.6) is 0 Å². The van der Waals surface area contributed by atoms with Gasteiger partial charge in [0.05, 0.1) is 0 Å². The molecule has 1 heterocycles. The lowest BCUT2D eigenvalue weighted by Crippen LogP contribution is -2.46. The molecule has 2 N–H and O–H groups in total. The summed E-state index contributed by atoms with van der Waals surface area (Å²) in [5, 5.41) is 5.99. The van der Waals surface area contributed by atoms with Crippen molar-refractivity contribution in [1.82, 2.24) is 5.32 Å². The molecule has 0 saturated carbocycles. The summed E-state index contributed by atoms with van der Waals surface area (Å²) in [5.74, 6) is -0.144. The molecule has 1 fully saturated rings. The van der Waals surface area contributed by atoms with Crippen LogP contribution in [0.15, 0.2) is 36.4 Å². The molecule has 5 heteroatoms. The van der Waals surface area contributed by atoms with Crippen LogP contribution in [0.25, 0.3) is 0 Å². The number of carbonyl (C=O) groups excluding carboxylic acids is 2. The molecule has 0 radical (unpaired) electrons. The Labute approximate surface area is 162 Å². The van der Waals surface area contributed by atoms with Crippen LogP contribution in [0.3, 0.4) is 0 Å². The first-order valence-corrected chi connectivity index (χ1v) is 10.3. The molecule has 0 aromatic heterocycles. The fourth-order valence-corrected chi connectivity index (χ4v) is 3.86. The Balaban J connectivity index is 1.61. The third kappa shape index (κ3) is 5.34. The van der Waals surface area contributed by atoms with E-state index in [-0.39, 0.29) is 17.7 Å². The smallest absolute Gasteiger partial charge is 0.246 e. The molecule has 1 aromatic carbocycles. The van der Waals surface area contributed by atoms with Gasteiger partial charge in [-0.2, -0.15) is 0 Å². The number of carbonyl (C=O) groups is 2. The number of nitrogens with one attached hydrogen (secondary N) is 2. The van der Waals surface area contributed by atoms with Crippen molar-refractivity contribution in [1.29, 1.82) is 0 Å². The van der Waals surface area contributed by atoms with Gasteiger partial charge in [0.2, 0.25) is 11.8 Å². The molecule has 1 aliphatic carbocycles. The first kappa shape index (κ1) is 19.5. The molecule has 27 heavy (non-hydrogen) atoms. The second-order valence-electron chi connectivity index (χ2n) is 7.56. The molecule has 0 bridgehead atoms. The van der Waals surface area contributed by atoms with Gasteiger partial charge in [0.15, 0.2) is 0 Å². The maximum absolute atomic E-state index is 12.8. The molecule has 5 nitrogen and oxygen atoms in total. The van der Waals surface area contributed by atoms with Crippen molar-refractivity contribution < 1.29 is 9.59 Å². The molecule has 0 unspecified atom stereocenters. The van der Waals surface area contributed by atoms with E-state index in [4.69, 9.17) is 0 Å². The third-order valence-electron chi connectivity index (χ3n) is 5.44. The van der Waals surface area contributed by atoms with Crippen molar-refractivity contribution in [2.75, 3.05) is 23.3 Å². The van der Waals surface area contributed by atoms with Crippen LogP contribution < -0.4 is 15.5 Å². The van der Waals surface area contributed by atoms with Gasteiger partial charge in [-0.25, -0.2) is 0 Å². The summed E-state index contributed by atoms with van der Waals surface area (Å²) in [6, 6.07) is 7.52. The highest BCUT2D eigenvalue weighted by molar-refractivity contribution is 5.97. The molecule has 3 rings (SSSR count). The summed E-state index contributed by atoms with van der Waals surface area (Å²) in [5.41, 5.74) is 1.94. The Morgan fingerprint density at radius 1 is 1.22 bits per heavy atom. The number of amides is 2. The van der Waals surface area contributed by atoms with Crippen molar-refractivity contribution in [3.63, 3.8) is 0 Å². The predicted molar refractivity (Wildman–Crippen MR) is 110 cm³/mol. The van der Waals surface area contributed by atoms with Crippen molar-refractivity contribution in [2.24, 2.45) is 5.92 Å². The minimum absolute atomic E-state index is 0.00114. The zero-order valence-electron chi connectivity index (χ0n) is 16.2. The second kappa shape index (κ2) is 9.58. The molecular formula is C22H31N3O2. The van der Waals surface area contributed by atoms with Gasteiger partial charge < -0.3 is 15.5 Å². The average Bonchev–Trinajstić information content (AvgIpc) is 3.23. The fourth-order valence-electron chi connectivity index (χ4n) is 3.86. The van der Waals surface area contributed by atoms with Crippen LogP contribution in [0.4, 0.5) is 11.4 Å². The monoisotopic (exact) mass is 369 g/mol. The molecule has 2 aliphatic rings. The Morgan fingerprint density at radius 2 is 2.04 bits per heavy atom. The van der Waals surface area contributed by atoms with Gasteiger partial charge in [0.25, 0.3) is 0 Å². The number of hydrogen-bond acceptors (Lipinski definition) is 3. The van der Waals surface area contributed by atoms with Gasteiger partial charge in [-0.3, -0.25) is 9.59 Å². The normalized spacial score (nSPS) is 20.3. The molecule has 146 valence electrons. The van der Waals surface area contributed by atoms with Crippen LogP contribution in [0.2, 0.25) is 0 Å². The molecule has 0 spiro atoms. The van der Waals surface area contributed by atoms with Crippen molar-refractivity contribution in [3.05, 3.63) is 36.4 Å². The minimum Gasteiger partial charge on any atom is -0.371 e. The van der Waals surface area contributed by atoms with Crippen LogP contribution in [-0.4, -0.2) is 30.9 Å². The lowest BCUT2D eigenvalue weighted by Gasteiger charge is -2.23. The number of benzene rings is 1. The second-order valence-corrected chi connectivity index (χ2v) is 7.56. The quantitative estimate of drug-likeness (QED) is 0.717. The van der Waals surface area contributed by atoms with E-state index in [1.165, 1.54) is 12.8 Å². The summed E-state index contributed by atoms with van der Waals surface area (Å²) in [6.07, 6.45) is 10.7. The summed E-state index contributed by atoms with van der Waals surface area (Å²) in [7, 11) is 0. The zero-order valence-corrected chi connectivity index (χ0v) is 16.2. The van der Waals surface area contributed by atoms with Gasteiger partial charge in [-0.1, -0.05) is 31.6 Å². The van der Waals surface area contributed by atoms with Crippen LogP contribution in [0.1, 0.15) is 51.9 Å². The standard InChI is InChI=1S/C22H31N3O2/c1-2-9-20(24-21(26)17-10-4-3-5-11-17)22(27)23-18-12-8-13-19(16-18)25-14-6-7-15-25/h3-4,8,12-13,16-17,20H,2,5-7,9-11,14-15H2,1H3,(H,23,27)(H,24,26)/t17-,20+/m1/s1. The summed E-state index contributed by atoms with van der Waals surface area (Å²) in [4.78, 5) is 27.7. The van der Waals surface area contributed by atoms with E-state index in [1.54, 1.807) is 0 Å². The van der Waals surface area contributed by atoms with Gasteiger partial charge in [0.1, 0.15) is 6.04 Å². The summed E-state index contributed by atoms with van der Waals surface area (Å²) >= 11 is 0. The van der Waals surface area contributed by atoms with Crippen molar-refractivity contribution in [2.45, 2.75) is 57.9 Å². The SMILES string of the molecule is CCC[C@H](NC(=O)[C@@H]1CC=CCC1)C(=O)Nc1cccc(N2CCCC2)c1. The van der Waals surface area contributed by atoms with Crippen molar-refractivity contribution >= 4 is 23.2 Å². The average molecular weight is 370 g/mol. The number of hydrogen-bond donors (Lipinski definition) is 2. The number of allylic oxidation sites excluding steroid dienone is 2. The Kier molecular flexibility index (Phi) is 6.91. The Bertz CT molecular complexity index is 680. The number of nitrogens with zero attached hydrogens (tertiary/aromatic N) is 1. The lowest BCUT2D eigenvalue weighted by molar-refractivity contribution is -0.129. The van der Waals surface area contributed by atoms with Crippen LogP contribution >= 0.6 is 0 Å². The summed E-state index contributed by atoms with van der Waals surface area (Å²) < 4.78 is 0. The largest absolute Gasteiger partial charge is 0.371 e. The number of rotatable bonds is 7. The fraction of sp³-hybridized carbons (Fsp3) is 0.545. The molecule has 1 saturated heterocycles. The highest BCUT2D eigenvalue weighted by atomic mass is 16.2. The zero-order chi connectivity index (χ0) is 19.1. The maximum atomic E-state index is 12.8. The molecule has 1 aromatic rings. The molecule has 1 aliphatic heterocycles. The van der Waals surface area contributed by atoms with Gasteiger partial charge in [-0.15, -0.1) is 0 Å². The molecule has 2 amide bonds. The number of anilines is 2. The van der Waals surface area contributed by atoms with Crippen LogP contribution in [-0.2, 0) is 9.59 Å². The highest BCUT2D eigenvalue weighted by Gasteiger charge is 2.25. The predicted octanol–water partition coefficient (Wildman–Crippen LogP) is 3.87. The van der Waals surface area contributed by atoms with Crippen molar-refractivity contribution in [3.8, 4) is 0 Å². The molecular weight excluding hydrogens is 338 g/mol. The Hall–Kier alpha value is -2.30. The van der Waals surface area contributed by atoms with E-state index in [0.29, 0.717) is 6.42 Å². The van der Waals surface area contributed by atoms with E-state index in [0.717, 1.165) is 50.1 Å². The topological polar surface area (TPSA) is 61.4 Å². The minimum atomic E-state index is -0.483. The van der Waals surface area contributed by atoms with Gasteiger partial charge >= 0.3 is 0 Å². The van der Waals surface area contributed by atoms with E-state index < -0.39 is 6.04 Å². The maximum Gasteiger partial charge on any atom is 0.246 e. The van der Waals surface area contributed by atoms with Crippen LogP contribution in [0, 0.1) is 5.92 Å². The first-order valence-electron chi connectivity index (χ1n) is 10.3. The first-order chi connectivity index (χ1) is 13.2. The van der Waals surface area contributed by atoms with E-state index in [9.17, 15) is 9.59 Å².